The van der Waals surface area contributed by atoms with Gasteiger partial charge in [0.1, 0.15) is 0 Å². The Bertz CT molecular complexity index is 528. The zero-order valence-corrected chi connectivity index (χ0v) is 22.2. The summed E-state index contributed by atoms with van der Waals surface area (Å²) in [6, 6.07) is 8.62. The van der Waals surface area contributed by atoms with Gasteiger partial charge in [-0.1, -0.05) is 0 Å². The molecule has 0 saturated heterocycles. The standard InChI is InChI=1S/C13H18O2.3C4H9.Sn/c1-9(2)8-11-4-6-12(7-5-11)10(3)13(14)15;3*1-3-4-2;/h4-7,9-10H,8H2,1-3H3,(H,14,15);3*1,3-4H2,2H3;/q;;;;+1/p-1. The van der Waals surface area contributed by atoms with Crippen molar-refractivity contribution in [3.05, 3.63) is 35.4 Å². The summed E-state index contributed by atoms with van der Waals surface area (Å²) in [5, 5.41) is 0. The molecule has 0 saturated carbocycles. The van der Waals surface area contributed by atoms with Crippen molar-refractivity contribution in [1.82, 2.24) is 0 Å². The molecule has 0 aliphatic rings. The molecule has 0 aliphatic carbocycles. The summed E-state index contributed by atoms with van der Waals surface area (Å²) < 4.78 is 10.1. The molecular formula is C25H44O2Sn. The number of hydrogen-bond acceptors (Lipinski definition) is 2. The number of benzene rings is 1. The molecule has 1 unspecified atom stereocenters. The van der Waals surface area contributed by atoms with Gasteiger partial charge in [0.05, 0.1) is 0 Å². The molecule has 28 heavy (non-hydrogen) atoms. The van der Waals surface area contributed by atoms with Crippen molar-refractivity contribution in [2.45, 2.75) is 106 Å². The van der Waals surface area contributed by atoms with E-state index in [1.807, 2.05) is 6.92 Å². The summed E-state index contributed by atoms with van der Waals surface area (Å²) in [4.78, 5) is 13.1. The van der Waals surface area contributed by atoms with Crippen LogP contribution in [0.5, 0.6) is 0 Å². The number of unbranched alkanes of at least 4 members (excludes halogenated alkanes) is 3. The van der Waals surface area contributed by atoms with Crippen molar-refractivity contribution in [3.8, 4) is 0 Å². The van der Waals surface area contributed by atoms with Crippen LogP contribution < -0.4 is 0 Å². The summed E-state index contributed by atoms with van der Waals surface area (Å²) in [5.41, 5.74) is 2.45. The average Bonchev–Trinajstić information content (AvgIpc) is 2.68. The molecule has 1 aromatic rings. The molecular weight excluding hydrogens is 451 g/mol. The molecule has 2 nitrogen and oxygen atoms in total. The van der Waals surface area contributed by atoms with Gasteiger partial charge in [0, 0.05) is 0 Å². The van der Waals surface area contributed by atoms with E-state index in [1.54, 1.807) is 0 Å². The molecule has 0 aromatic heterocycles. The van der Waals surface area contributed by atoms with Gasteiger partial charge in [-0.25, -0.2) is 0 Å². The predicted octanol–water partition coefficient (Wildman–Crippen LogP) is 7.88. The second-order valence-electron chi connectivity index (χ2n) is 8.98. The number of carbonyl (C=O) groups excluding carboxylic acids is 1. The molecule has 1 atom stereocenters. The normalized spacial score (nSPS) is 13.0. The van der Waals surface area contributed by atoms with Crippen LogP contribution in [0.3, 0.4) is 0 Å². The average molecular weight is 495 g/mol. The molecule has 1 rings (SSSR count). The maximum atomic E-state index is 13.1. The van der Waals surface area contributed by atoms with Gasteiger partial charge in [-0.3, -0.25) is 0 Å². The second-order valence-corrected chi connectivity index (χ2v) is 20.6. The van der Waals surface area contributed by atoms with Crippen LogP contribution in [0.25, 0.3) is 0 Å². The summed E-state index contributed by atoms with van der Waals surface area (Å²) in [6.07, 6.45) is 8.33. The van der Waals surface area contributed by atoms with E-state index in [2.05, 4.69) is 58.9 Å². The predicted molar refractivity (Wildman–Crippen MR) is 124 cm³/mol. The minimum absolute atomic E-state index is 0.0377. The second kappa shape index (κ2) is 13.7. The van der Waals surface area contributed by atoms with Gasteiger partial charge in [-0.15, -0.1) is 0 Å². The molecule has 0 N–H and O–H groups in total. The summed E-state index contributed by atoms with van der Waals surface area (Å²) in [7, 11) is 0. The van der Waals surface area contributed by atoms with E-state index < -0.39 is 18.8 Å². The molecule has 160 valence electrons. The topological polar surface area (TPSA) is 26.3 Å². The van der Waals surface area contributed by atoms with E-state index in [0.29, 0.717) is 5.92 Å². The zero-order valence-electron chi connectivity index (χ0n) is 19.4. The zero-order chi connectivity index (χ0) is 21.0. The third kappa shape index (κ3) is 8.88. The van der Waals surface area contributed by atoms with Gasteiger partial charge >= 0.3 is 180 Å². The van der Waals surface area contributed by atoms with E-state index >= 15 is 0 Å². The van der Waals surface area contributed by atoms with Gasteiger partial charge in [0.25, 0.3) is 0 Å². The van der Waals surface area contributed by atoms with Gasteiger partial charge in [-0.05, 0) is 0 Å². The Morgan fingerprint density at radius 3 is 1.71 bits per heavy atom. The van der Waals surface area contributed by atoms with Crippen molar-refractivity contribution >= 4 is 24.8 Å². The van der Waals surface area contributed by atoms with Gasteiger partial charge in [0.15, 0.2) is 0 Å². The van der Waals surface area contributed by atoms with Gasteiger partial charge in [0.2, 0.25) is 0 Å². The third-order valence-corrected chi connectivity index (χ3v) is 18.4. The summed E-state index contributed by atoms with van der Waals surface area (Å²) >= 11 is -2.88. The van der Waals surface area contributed by atoms with Crippen LogP contribution in [0.15, 0.2) is 24.3 Å². The Morgan fingerprint density at radius 1 is 0.857 bits per heavy atom. The van der Waals surface area contributed by atoms with E-state index in [-0.39, 0.29) is 11.9 Å². The third-order valence-electron chi connectivity index (χ3n) is 5.75. The van der Waals surface area contributed by atoms with Crippen LogP contribution in [-0.4, -0.2) is 24.8 Å². The molecule has 0 spiro atoms. The first-order chi connectivity index (χ1) is 13.4. The Balaban J connectivity index is 2.90. The van der Waals surface area contributed by atoms with Crippen molar-refractivity contribution in [1.29, 1.82) is 0 Å². The fourth-order valence-corrected chi connectivity index (χ4v) is 17.2. The van der Waals surface area contributed by atoms with Gasteiger partial charge in [-0.2, -0.15) is 0 Å². The van der Waals surface area contributed by atoms with Gasteiger partial charge < -0.3 is 0 Å². The molecule has 1 aromatic carbocycles. The summed E-state index contributed by atoms with van der Waals surface area (Å²) in [5.74, 6) is 0.531. The first-order valence-corrected chi connectivity index (χ1v) is 18.9. The van der Waals surface area contributed by atoms with E-state index in [1.165, 1.54) is 57.4 Å². The Hall–Kier alpha value is -0.511. The van der Waals surface area contributed by atoms with Crippen LogP contribution in [0, 0.1) is 5.92 Å². The first-order valence-electron chi connectivity index (χ1n) is 11.7. The number of rotatable bonds is 14. The number of carbonyl (C=O) groups is 1. The summed E-state index contributed by atoms with van der Waals surface area (Å²) in [6.45, 7) is 13.3. The molecule has 0 radical (unpaired) electrons. The quantitative estimate of drug-likeness (QED) is 0.246. The van der Waals surface area contributed by atoms with Crippen LogP contribution in [0.4, 0.5) is 0 Å². The van der Waals surface area contributed by atoms with Crippen molar-refractivity contribution in [2.24, 2.45) is 5.92 Å². The van der Waals surface area contributed by atoms with Crippen LogP contribution >= 0.6 is 0 Å². The van der Waals surface area contributed by atoms with Crippen molar-refractivity contribution < 1.29 is 7.87 Å². The van der Waals surface area contributed by atoms with Crippen molar-refractivity contribution in [2.75, 3.05) is 0 Å². The SMILES string of the molecule is CCC[CH2][Sn]([CH2]CCC)([CH2]CCC)[O]C(=O)C(C)c1ccc(CC(C)C)cc1. The van der Waals surface area contributed by atoms with E-state index in [9.17, 15) is 4.79 Å². The first kappa shape index (κ1) is 25.5. The Kier molecular flexibility index (Phi) is 12.5. The minimum atomic E-state index is -2.88. The molecule has 3 heteroatoms. The molecule has 0 fully saturated rings. The van der Waals surface area contributed by atoms with E-state index in [4.69, 9.17) is 3.07 Å². The molecule has 0 bridgehead atoms. The van der Waals surface area contributed by atoms with Crippen LogP contribution in [-0.2, 0) is 14.3 Å². The van der Waals surface area contributed by atoms with Crippen molar-refractivity contribution in [3.63, 3.8) is 0 Å². The van der Waals surface area contributed by atoms with Crippen LogP contribution in [0.2, 0.25) is 13.3 Å². The fraction of sp³-hybridized carbons (Fsp3) is 0.720. The Labute approximate surface area is 179 Å². The van der Waals surface area contributed by atoms with E-state index in [0.717, 1.165) is 12.0 Å². The molecule has 0 heterocycles. The molecule has 0 aliphatic heterocycles. The Morgan fingerprint density at radius 2 is 1.32 bits per heavy atom. The monoisotopic (exact) mass is 496 g/mol. The fourth-order valence-electron chi connectivity index (χ4n) is 3.88. The van der Waals surface area contributed by atoms with Crippen LogP contribution in [0.1, 0.15) is 97.1 Å². The molecule has 0 amide bonds. The maximum absolute atomic E-state index is 13.1. The number of hydrogen-bond donors (Lipinski definition) is 0.